The summed E-state index contributed by atoms with van der Waals surface area (Å²) in [5.41, 5.74) is 0.904. The molecule has 1 atom stereocenters. The van der Waals surface area contributed by atoms with Crippen molar-refractivity contribution in [3.05, 3.63) is 11.1 Å². The minimum atomic E-state index is -0.754. The highest BCUT2D eigenvalue weighted by molar-refractivity contribution is 7.13. The van der Waals surface area contributed by atoms with Gasteiger partial charge >= 0.3 is 5.97 Å². The molecule has 88 valence electrons. The first-order valence-electron chi connectivity index (χ1n) is 5.59. The summed E-state index contributed by atoms with van der Waals surface area (Å²) in [5, 5.41) is 11.9. The number of thiazole rings is 1. The van der Waals surface area contributed by atoms with E-state index in [1.54, 1.807) is 18.3 Å². The van der Waals surface area contributed by atoms with Crippen molar-refractivity contribution in [3.8, 4) is 0 Å². The molecule has 0 spiro atoms. The summed E-state index contributed by atoms with van der Waals surface area (Å²) < 4.78 is 0. The molecule has 4 nitrogen and oxygen atoms in total. The molecule has 1 aliphatic rings. The van der Waals surface area contributed by atoms with Crippen molar-refractivity contribution >= 4 is 22.4 Å². The lowest BCUT2D eigenvalue weighted by Crippen LogP contribution is -2.17. The third-order valence-electron chi connectivity index (χ3n) is 2.85. The van der Waals surface area contributed by atoms with Gasteiger partial charge in [0.15, 0.2) is 5.13 Å². The van der Waals surface area contributed by atoms with Crippen molar-refractivity contribution in [1.29, 1.82) is 0 Å². The van der Waals surface area contributed by atoms with E-state index in [4.69, 9.17) is 5.11 Å². The lowest BCUT2D eigenvalue weighted by atomic mass is 10.1. The third kappa shape index (κ3) is 2.52. The number of aliphatic carboxylic acids is 1. The summed E-state index contributed by atoms with van der Waals surface area (Å²) >= 11 is 1.62. The summed E-state index contributed by atoms with van der Waals surface area (Å²) in [6.45, 7) is 3.89. The Balaban J connectivity index is 1.99. The number of nitrogens with zero attached hydrogens (tertiary/aromatic N) is 2. The van der Waals surface area contributed by atoms with E-state index >= 15 is 0 Å². The van der Waals surface area contributed by atoms with Gasteiger partial charge in [-0.25, -0.2) is 4.98 Å². The molecule has 0 saturated carbocycles. The molecule has 1 aromatic heterocycles. The van der Waals surface area contributed by atoms with E-state index in [1.165, 1.54) is 12.8 Å². The molecule has 5 heteroatoms. The van der Waals surface area contributed by atoms with Crippen molar-refractivity contribution in [1.82, 2.24) is 4.98 Å². The summed E-state index contributed by atoms with van der Waals surface area (Å²) in [6.07, 6.45) is 3.00. The van der Waals surface area contributed by atoms with E-state index in [2.05, 4.69) is 9.88 Å². The summed E-state index contributed by atoms with van der Waals surface area (Å²) in [4.78, 5) is 17.5. The number of aromatic nitrogens is 1. The predicted octanol–water partition coefficient (Wildman–Crippen LogP) is 2.01. The van der Waals surface area contributed by atoms with Crippen LogP contribution in [0, 0.1) is 5.92 Å². The van der Waals surface area contributed by atoms with E-state index in [1.807, 2.05) is 5.38 Å². The van der Waals surface area contributed by atoms with Crippen LogP contribution in [0.1, 0.15) is 25.5 Å². The molecule has 0 aliphatic carbocycles. The lowest BCUT2D eigenvalue weighted by molar-refractivity contribution is -0.141. The molecule has 0 amide bonds. The topological polar surface area (TPSA) is 53.4 Å². The van der Waals surface area contributed by atoms with Crippen LogP contribution in [0.5, 0.6) is 0 Å². The molecule has 1 aliphatic heterocycles. The maximum Gasteiger partial charge on any atom is 0.306 e. The number of carboxylic acids is 1. The highest BCUT2D eigenvalue weighted by Gasteiger charge is 2.18. The summed E-state index contributed by atoms with van der Waals surface area (Å²) in [7, 11) is 0. The standard InChI is InChI=1S/C11H16N2O2S/c1-8(10(14)15)6-9-7-16-11(12-9)13-4-2-3-5-13/h7-8H,2-6H2,1H3,(H,14,15). The van der Waals surface area contributed by atoms with Gasteiger partial charge in [0, 0.05) is 24.9 Å². The quantitative estimate of drug-likeness (QED) is 0.874. The van der Waals surface area contributed by atoms with Crippen LogP contribution in [0.2, 0.25) is 0 Å². The molecule has 2 heterocycles. The highest BCUT2D eigenvalue weighted by atomic mass is 32.1. The second kappa shape index (κ2) is 4.82. The second-order valence-electron chi connectivity index (χ2n) is 4.26. The number of carbonyl (C=O) groups is 1. The van der Waals surface area contributed by atoms with Crippen molar-refractivity contribution in [2.45, 2.75) is 26.2 Å². The van der Waals surface area contributed by atoms with E-state index < -0.39 is 5.97 Å². The van der Waals surface area contributed by atoms with Gasteiger partial charge in [0.2, 0.25) is 0 Å². The Bertz CT molecular complexity index is 372. The molecule has 1 N–H and O–H groups in total. The first-order valence-corrected chi connectivity index (χ1v) is 6.47. The number of hydrogen-bond donors (Lipinski definition) is 1. The van der Waals surface area contributed by atoms with Crippen molar-refractivity contribution in [2.24, 2.45) is 5.92 Å². The van der Waals surface area contributed by atoms with Gasteiger partial charge in [0.05, 0.1) is 11.6 Å². The zero-order valence-corrected chi connectivity index (χ0v) is 10.2. The minimum absolute atomic E-state index is 0.353. The van der Waals surface area contributed by atoms with Gasteiger partial charge in [-0.15, -0.1) is 11.3 Å². The molecule has 2 rings (SSSR count). The molecule has 0 aromatic carbocycles. The van der Waals surface area contributed by atoms with E-state index in [0.717, 1.165) is 23.9 Å². The molecule has 16 heavy (non-hydrogen) atoms. The SMILES string of the molecule is CC(Cc1csc(N2CCCC2)n1)C(=O)O. The zero-order chi connectivity index (χ0) is 11.5. The van der Waals surface area contributed by atoms with Gasteiger partial charge in [0.1, 0.15) is 0 Å². The first-order chi connectivity index (χ1) is 7.66. The van der Waals surface area contributed by atoms with Crippen LogP contribution in [-0.4, -0.2) is 29.1 Å². The Kier molecular flexibility index (Phi) is 3.43. The Labute approximate surface area is 98.9 Å². The maximum absolute atomic E-state index is 10.7. The zero-order valence-electron chi connectivity index (χ0n) is 9.35. The fraction of sp³-hybridized carbons (Fsp3) is 0.636. The molecule has 1 unspecified atom stereocenters. The largest absolute Gasteiger partial charge is 0.481 e. The van der Waals surface area contributed by atoms with Gasteiger partial charge in [-0.2, -0.15) is 0 Å². The van der Waals surface area contributed by atoms with Crippen molar-refractivity contribution < 1.29 is 9.90 Å². The predicted molar refractivity (Wildman–Crippen MR) is 64.1 cm³/mol. The highest BCUT2D eigenvalue weighted by Crippen LogP contribution is 2.25. The van der Waals surface area contributed by atoms with Gasteiger partial charge in [-0.3, -0.25) is 4.79 Å². The summed E-state index contributed by atoms with van der Waals surface area (Å²) in [5.74, 6) is -1.11. The summed E-state index contributed by atoms with van der Waals surface area (Å²) in [6, 6.07) is 0. The first kappa shape index (κ1) is 11.4. The molecule has 1 fully saturated rings. The van der Waals surface area contributed by atoms with Crippen molar-refractivity contribution in [3.63, 3.8) is 0 Å². The van der Waals surface area contributed by atoms with Crippen LogP contribution in [0.25, 0.3) is 0 Å². The number of carboxylic acid groups (broad SMARTS) is 1. The molecule has 0 bridgehead atoms. The molecule has 1 saturated heterocycles. The molecule has 0 radical (unpaired) electrons. The Morgan fingerprint density at radius 2 is 2.31 bits per heavy atom. The van der Waals surface area contributed by atoms with Crippen molar-refractivity contribution in [2.75, 3.05) is 18.0 Å². The van der Waals surface area contributed by atoms with Crippen LogP contribution in [-0.2, 0) is 11.2 Å². The third-order valence-corrected chi connectivity index (χ3v) is 3.80. The molecular weight excluding hydrogens is 224 g/mol. The number of anilines is 1. The second-order valence-corrected chi connectivity index (χ2v) is 5.10. The van der Waals surface area contributed by atoms with Crippen LogP contribution >= 0.6 is 11.3 Å². The van der Waals surface area contributed by atoms with E-state index in [-0.39, 0.29) is 5.92 Å². The van der Waals surface area contributed by atoms with Gasteiger partial charge < -0.3 is 10.0 Å². The average molecular weight is 240 g/mol. The van der Waals surface area contributed by atoms with E-state index in [0.29, 0.717) is 6.42 Å². The smallest absolute Gasteiger partial charge is 0.306 e. The van der Waals surface area contributed by atoms with E-state index in [9.17, 15) is 4.79 Å². The normalized spacial score (nSPS) is 17.7. The van der Waals surface area contributed by atoms with Crippen LogP contribution in [0.4, 0.5) is 5.13 Å². The molecular formula is C11H16N2O2S. The number of hydrogen-bond acceptors (Lipinski definition) is 4. The lowest BCUT2D eigenvalue weighted by Gasteiger charge is -2.12. The van der Waals surface area contributed by atoms with Crippen LogP contribution < -0.4 is 4.90 Å². The van der Waals surface area contributed by atoms with Gasteiger partial charge in [-0.1, -0.05) is 6.92 Å². The number of rotatable bonds is 4. The monoisotopic (exact) mass is 240 g/mol. The van der Waals surface area contributed by atoms with Crippen LogP contribution in [0.15, 0.2) is 5.38 Å². The Morgan fingerprint density at radius 1 is 1.62 bits per heavy atom. The maximum atomic E-state index is 10.7. The van der Waals surface area contributed by atoms with Crippen LogP contribution in [0.3, 0.4) is 0 Å². The minimum Gasteiger partial charge on any atom is -0.481 e. The fourth-order valence-electron chi connectivity index (χ4n) is 1.84. The average Bonchev–Trinajstić information content (AvgIpc) is 2.85. The fourth-order valence-corrected chi connectivity index (χ4v) is 2.74. The molecule has 1 aromatic rings. The Morgan fingerprint density at radius 3 is 2.94 bits per heavy atom. The van der Waals surface area contributed by atoms with Gasteiger partial charge in [-0.05, 0) is 12.8 Å². The Hall–Kier alpha value is -1.10. The van der Waals surface area contributed by atoms with Gasteiger partial charge in [0.25, 0.3) is 0 Å².